The Morgan fingerprint density at radius 2 is 2.18 bits per heavy atom. The van der Waals surface area contributed by atoms with Crippen molar-refractivity contribution < 1.29 is 14.4 Å². The van der Waals surface area contributed by atoms with Crippen molar-refractivity contribution in [2.45, 2.75) is 32.9 Å². The third-order valence-electron chi connectivity index (χ3n) is 3.07. The molecule has 2 atom stereocenters. The molecule has 1 aromatic carbocycles. The van der Waals surface area contributed by atoms with Crippen molar-refractivity contribution >= 4 is 23.3 Å². The fourth-order valence-corrected chi connectivity index (χ4v) is 2.13. The third kappa shape index (κ3) is 3.02. The summed E-state index contributed by atoms with van der Waals surface area (Å²) in [6.45, 7) is 3.13. The number of carbonyl (C=O) groups excluding carboxylic acids is 2. The zero-order chi connectivity index (χ0) is 16.3. The van der Waals surface area contributed by atoms with Crippen LogP contribution in [0.1, 0.15) is 26.7 Å². The van der Waals surface area contributed by atoms with E-state index >= 15 is 0 Å². The zero-order valence-corrected chi connectivity index (χ0v) is 12.2. The van der Waals surface area contributed by atoms with E-state index in [1.165, 1.54) is 25.1 Å². The zero-order valence-electron chi connectivity index (χ0n) is 12.2. The Hall–Kier alpha value is -2.20. The van der Waals surface area contributed by atoms with Crippen molar-refractivity contribution in [3.8, 4) is 0 Å². The number of anilines is 1. The highest BCUT2D eigenvalue weighted by atomic mass is 16.9. The number of urea groups is 1. The Morgan fingerprint density at radius 3 is 2.82 bits per heavy atom. The van der Waals surface area contributed by atoms with Gasteiger partial charge < -0.3 is 20.9 Å². The monoisotopic (exact) mass is 309 g/mol. The van der Waals surface area contributed by atoms with E-state index in [9.17, 15) is 20.0 Å². The van der Waals surface area contributed by atoms with Crippen LogP contribution < -0.4 is 20.7 Å². The maximum atomic E-state index is 12.9. The predicted octanol–water partition coefficient (Wildman–Crippen LogP) is 1.63. The van der Waals surface area contributed by atoms with Crippen molar-refractivity contribution in [3.05, 3.63) is 34.7 Å². The van der Waals surface area contributed by atoms with Crippen LogP contribution in [0.5, 0.6) is 0 Å². The lowest BCUT2D eigenvalue weighted by atomic mass is 10.2. The van der Waals surface area contributed by atoms with E-state index in [4.69, 9.17) is 4.84 Å². The number of rotatable bonds is 5. The van der Waals surface area contributed by atoms with Crippen molar-refractivity contribution in [3.63, 3.8) is 0 Å². The number of fused-ring (bicyclic) bond motifs is 1. The highest BCUT2D eigenvalue weighted by Crippen LogP contribution is 2.37. The Morgan fingerprint density at radius 1 is 1.50 bits per heavy atom. The van der Waals surface area contributed by atoms with Gasteiger partial charge in [0.25, 0.3) is 0 Å². The van der Waals surface area contributed by atoms with Gasteiger partial charge in [-0.25, -0.2) is 10.2 Å². The average molecular weight is 309 g/mol. The molecular formula is C13H17N4O5-. The van der Waals surface area contributed by atoms with Crippen molar-refractivity contribution in [2.24, 2.45) is 0 Å². The van der Waals surface area contributed by atoms with Gasteiger partial charge in [0, 0.05) is 13.0 Å². The van der Waals surface area contributed by atoms with E-state index in [0.29, 0.717) is 12.8 Å². The van der Waals surface area contributed by atoms with Gasteiger partial charge in [-0.3, -0.25) is 4.79 Å². The number of hydroxylamine groups is 2. The highest BCUT2D eigenvalue weighted by molar-refractivity contribution is 5.94. The number of amides is 3. The Kier molecular flexibility index (Phi) is 4.62. The molecule has 3 amide bonds. The van der Waals surface area contributed by atoms with Crippen LogP contribution >= 0.6 is 0 Å². The first-order valence-corrected chi connectivity index (χ1v) is 6.82. The second-order valence-electron chi connectivity index (χ2n) is 4.83. The number of benzene rings is 1. The van der Waals surface area contributed by atoms with Gasteiger partial charge in [-0.05, 0) is 12.5 Å². The molecule has 0 fully saturated rings. The summed E-state index contributed by atoms with van der Waals surface area (Å²) in [5, 5.41) is 27.2. The van der Waals surface area contributed by atoms with Gasteiger partial charge in [-0.1, -0.05) is 30.3 Å². The summed E-state index contributed by atoms with van der Waals surface area (Å²) in [6.07, 6.45) is 0.0253. The van der Waals surface area contributed by atoms with E-state index in [1.807, 2.05) is 12.3 Å². The maximum absolute atomic E-state index is 12.9. The third-order valence-corrected chi connectivity index (χ3v) is 3.07. The number of carbonyl (C=O) groups is 2. The van der Waals surface area contributed by atoms with Crippen LogP contribution in [0.4, 0.5) is 16.2 Å². The summed E-state index contributed by atoms with van der Waals surface area (Å²) >= 11 is 0. The maximum Gasteiger partial charge on any atom is 0.473 e. The van der Waals surface area contributed by atoms with Gasteiger partial charge in [-0.2, -0.15) is 4.84 Å². The molecule has 2 rings (SSSR count). The summed E-state index contributed by atoms with van der Waals surface area (Å²) in [6, 6.07) is 4.63. The number of quaternary nitrogens is 1. The molecule has 2 N–H and O–H groups in total. The first-order chi connectivity index (χ1) is 10.4. The van der Waals surface area contributed by atoms with Crippen LogP contribution in [0.15, 0.2) is 24.3 Å². The lowest BCUT2D eigenvalue weighted by Crippen LogP contribution is -2.63. The SMILES string of the molecule is CCCC(NC(C)=O)O[N+]1([O-])C(=O)NN([O-])c2ccccc21. The standard InChI is InChI=1S/C13H17N4O5/c1-3-6-12(14-9(2)18)22-17(21)11-8-5-4-7-10(11)16(20)15-13(17)19/h4-5,7-8,12H,3,6H2,1-2H3,(H,14,18)(H,15,19)/q-1. The Balaban J connectivity index is 2.36. The van der Waals surface area contributed by atoms with Crippen molar-refractivity contribution in [1.29, 1.82) is 0 Å². The largest absolute Gasteiger partial charge is 0.738 e. The predicted molar refractivity (Wildman–Crippen MR) is 79.6 cm³/mol. The normalized spacial score (nSPS) is 21.8. The summed E-state index contributed by atoms with van der Waals surface area (Å²) in [7, 11) is 0. The van der Waals surface area contributed by atoms with E-state index in [-0.39, 0.29) is 22.5 Å². The molecule has 2 unspecified atom stereocenters. The summed E-state index contributed by atoms with van der Waals surface area (Å²) in [5.74, 6) is -0.388. The minimum Gasteiger partial charge on any atom is -0.738 e. The van der Waals surface area contributed by atoms with E-state index in [2.05, 4.69) is 5.32 Å². The number of hydrogen-bond acceptors (Lipinski definition) is 6. The van der Waals surface area contributed by atoms with Crippen LogP contribution in [0, 0.1) is 10.4 Å². The smallest absolute Gasteiger partial charge is 0.473 e. The van der Waals surface area contributed by atoms with E-state index < -0.39 is 17.1 Å². The molecule has 1 heterocycles. The van der Waals surface area contributed by atoms with Crippen molar-refractivity contribution in [1.82, 2.24) is 15.6 Å². The van der Waals surface area contributed by atoms with Crippen molar-refractivity contribution in [2.75, 3.05) is 5.17 Å². The Bertz CT molecular complexity index is 581. The van der Waals surface area contributed by atoms with Gasteiger partial charge in [0.2, 0.25) is 5.91 Å². The minimum absolute atomic E-state index is 0.0184. The molecule has 1 aliphatic rings. The molecule has 9 nitrogen and oxygen atoms in total. The second-order valence-corrected chi connectivity index (χ2v) is 4.83. The molecule has 0 spiro atoms. The van der Waals surface area contributed by atoms with E-state index in [1.54, 1.807) is 6.07 Å². The number of hydrogen-bond donors (Lipinski definition) is 2. The van der Waals surface area contributed by atoms with Gasteiger partial charge in [-0.15, -0.1) is 0 Å². The molecule has 9 heteroatoms. The second kappa shape index (κ2) is 6.28. The van der Waals surface area contributed by atoms with Gasteiger partial charge in [0.1, 0.15) is 5.69 Å². The molecule has 0 saturated heterocycles. The highest BCUT2D eigenvalue weighted by Gasteiger charge is 2.42. The van der Waals surface area contributed by atoms with Gasteiger partial charge >= 0.3 is 6.03 Å². The van der Waals surface area contributed by atoms with Gasteiger partial charge in [0.15, 0.2) is 11.9 Å². The van der Waals surface area contributed by atoms with Gasteiger partial charge in [0.05, 0.1) is 0 Å². The molecule has 22 heavy (non-hydrogen) atoms. The minimum atomic E-state index is -1.82. The quantitative estimate of drug-likeness (QED) is 0.485. The van der Waals surface area contributed by atoms with Crippen LogP contribution in [0.25, 0.3) is 0 Å². The molecular weight excluding hydrogens is 292 g/mol. The molecule has 0 bridgehead atoms. The summed E-state index contributed by atoms with van der Waals surface area (Å²) < 4.78 is 0. The molecule has 0 saturated carbocycles. The van der Waals surface area contributed by atoms with Crippen LogP contribution in [0.2, 0.25) is 0 Å². The fourth-order valence-electron chi connectivity index (χ4n) is 2.13. The molecule has 0 aliphatic carbocycles. The Labute approximate surface area is 127 Å². The van der Waals surface area contributed by atoms with Crippen LogP contribution in [-0.2, 0) is 9.63 Å². The lowest BCUT2D eigenvalue weighted by molar-refractivity contribution is -0.149. The number of hydrazine groups is 1. The van der Waals surface area contributed by atoms with E-state index in [0.717, 1.165) is 0 Å². The number of nitrogens with zero attached hydrogens (tertiary/aromatic N) is 2. The first kappa shape index (κ1) is 16.2. The lowest BCUT2D eigenvalue weighted by Gasteiger charge is -2.46. The summed E-state index contributed by atoms with van der Waals surface area (Å²) in [4.78, 5) is 26.6. The number of nitrogens with one attached hydrogen (secondary N) is 2. The van der Waals surface area contributed by atoms with Crippen LogP contribution in [0.3, 0.4) is 0 Å². The van der Waals surface area contributed by atoms with Crippen LogP contribution in [-0.4, -0.2) is 18.2 Å². The topological polar surface area (TPSA) is 117 Å². The molecule has 120 valence electrons. The molecule has 0 aromatic heterocycles. The average Bonchev–Trinajstić information content (AvgIpc) is 2.45. The fraction of sp³-hybridized carbons (Fsp3) is 0.385. The molecule has 1 aromatic rings. The molecule has 1 aliphatic heterocycles. The number of para-hydroxylation sites is 2. The first-order valence-electron chi connectivity index (χ1n) is 6.82. The molecule has 0 radical (unpaired) electrons. The summed E-state index contributed by atoms with van der Waals surface area (Å²) in [5.41, 5.74) is 1.72.